The van der Waals surface area contributed by atoms with Gasteiger partial charge in [0.1, 0.15) is 0 Å². The van der Waals surface area contributed by atoms with Crippen molar-refractivity contribution < 1.29 is 19.8 Å². The Morgan fingerprint density at radius 1 is 1.18 bits per heavy atom. The minimum atomic E-state index is -1.37. The van der Waals surface area contributed by atoms with E-state index in [1.54, 1.807) is 6.08 Å². The van der Waals surface area contributed by atoms with E-state index in [1.165, 1.54) is 6.08 Å². The van der Waals surface area contributed by atoms with E-state index >= 15 is 0 Å². The van der Waals surface area contributed by atoms with Gasteiger partial charge < -0.3 is 19.8 Å². The minimum absolute atomic E-state index is 0. The summed E-state index contributed by atoms with van der Waals surface area (Å²) in [6, 6.07) is 0. The molecule has 1 unspecified atom stereocenters. The molecule has 0 spiro atoms. The van der Waals surface area contributed by atoms with Gasteiger partial charge in [-0.2, -0.15) is 0 Å². The largest absolute Gasteiger partial charge is 2.00 e. The molecule has 0 radical (unpaired) electrons. The van der Waals surface area contributed by atoms with Gasteiger partial charge in [0.2, 0.25) is 0 Å². The number of carboxylic acid groups (broad SMARTS) is 2. The van der Waals surface area contributed by atoms with Crippen molar-refractivity contribution in [3.8, 4) is 0 Å². The molecule has 92 valence electrons. The Bertz CT molecular complexity index is 251. The number of carbonyl (C=O) groups is 2. The van der Waals surface area contributed by atoms with Gasteiger partial charge in [0, 0.05) is 17.9 Å². The average Bonchev–Trinajstić information content (AvgIpc) is 2.20. The van der Waals surface area contributed by atoms with Gasteiger partial charge in [-0.25, -0.2) is 0 Å². The summed E-state index contributed by atoms with van der Waals surface area (Å²) in [4.78, 5) is 20.8. The molecule has 4 nitrogen and oxygen atoms in total. The summed E-state index contributed by atoms with van der Waals surface area (Å²) in [7, 11) is 0. The monoisotopic (exact) mass is 364 g/mol. The van der Waals surface area contributed by atoms with E-state index in [0.717, 1.165) is 32.1 Å². The topological polar surface area (TPSA) is 80.3 Å². The fraction of sp³-hybridized carbons (Fsp3) is 0.667. The summed E-state index contributed by atoms with van der Waals surface area (Å²) in [5.74, 6) is -3.81. The molecular weight excluding hydrogens is 345 g/mol. The molecule has 0 saturated carbocycles. The number of hydrogen-bond acceptors (Lipinski definition) is 4. The molecule has 0 amide bonds. The second-order valence-corrected chi connectivity index (χ2v) is 3.78. The van der Waals surface area contributed by atoms with Gasteiger partial charge in [-0.15, -0.1) is 0 Å². The maximum atomic E-state index is 10.5. The fourth-order valence-corrected chi connectivity index (χ4v) is 1.36. The van der Waals surface area contributed by atoms with Gasteiger partial charge in [-0.3, -0.25) is 0 Å². The van der Waals surface area contributed by atoms with Gasteiger partial charge in [0.15, 0.2) is 0 Å². The van der Waals surface area contributed by atoms with E-state index in [4.69, 9.17) is 0 Å². The number of carbonyl (C=O) groups excluding carboxylic acids is 2. The van der Waals surface area contributed by atoms with E-state index in [2.05, 4.69) is 6.92 Å². The maximum absolute atomic E-state index is 10.5. The third kappa shape index (κ3) is 12.5. The molecule has 0 heterocycles. The smallest absolute Gasteiger partial charge is 0.550 e. The first-order valence-corrected chi connectivity index (χ1v) is 5.65. The molecule has 0 aliphatic carbocycles. The molecule has 0 bridgehead atoms. The van der Waals surface area contributed by atoms with Crippen molar-refractivity contribution >= 4 is 60.8 Å². The Morgan fingerprint density at radius 3 is 2.29 bits per heavy atom. The standard InChI is InChI=1S/C12H20O4.Ba/c1-2-3-4-5-6-7-8-10(12(15)16)9-11(13)14;/h7-8,10H,2-6,9H2,1H3,(H,13,14)(H,15,16);/q;+2/p-2. The SMILES string of the molecule is CCCCCCC=CC(CC(=O)[O-])C(=O)[O-].[Ba+2]. The molecule has 0 saturated heterocycles. The Morgan fingerprint density at radius 2 is 1.82 bits per heavy atom. The molecule has 0 aromatic rings. The van der Waals surface area contributed by atoms with E-state index in [-0.39, 0.29) is 48.9 Å². The summed E-state index contributed by atoms with van der Waals surface area (Å²) in [5, 5.41) is 20.8. The second kappa shape index (κ2) is 12.7. The van der Waals surface area contributed by atoms with Gasteiger partial charge in [-0.05, 0) is 19.3 Å². The quantitative estimate of drug-likeness (QED) is 0.318. The summed E-state index contributed by atoms with van der Waals surface area (Å²) in [5.41, 5.74) is 0. The second-order valence-electron chi connectivity index (χ2n) is 3.78. The third-order valence-electron chi connectivity index (χ3n) is 2.28. The van der Waals surface area contributed by atoms with Crippen molar-refractivity contribution in [1.29, 1.82) is 0 Å². The Labute approximate surface area is 143 Å². The zero-order valence-corrected chi connectivity index (χ0v) is 14.8. The fourth-order valence-electron chi connectivity index (χ4n) is 1.36. The van der Waals surface area contributed by atoms with Crippen LogP contribution in [0.5, 0.6) is 0 Å². The molecule has 0 aromatic carbocycles. The number of unbranched alkanes of at least 4 members (excludes halogenated alkanes) is 4. The Balaban J connectivity index is 0. The summed E-state index contributed by atoms with van der Waals surface area (Å²) in [6.07, 6.45) is 7.76. The Hall–Kier alpha value is 0.251. The number of hydrogen-bond donors (Lipinski definition) is 0. The van der Waals surface area contributed by atoms with Crippen LogP contribution in [0.15, 0.2) is 12.2 Å². The molecule has 0 aliphatic rings. The van der Waals surface area contributed by atoms with Gasteiger partial charge >= 0.3 is 48.9 Å². The van der Waals surface area contributed by atoms with Gasteiger partial charge in [0.25, 0.3) is 0 Å². The van der Waals surface area contributed by atoms with Crippen LogP contribution >= 0.6 is 0 Å². The molecule has 1 atom stereocenters. The first-order valence-electron chi connectivity index (χ1n) is 5.65. The summed E-state index contributed by atoms with van der Waals surface area (Å²) < 4.78 is 0. The average molecular weight is 364 g/mol. The minimum Gasteiger partial charge on any atom is -0.550 e. The zero-order valence-electron chi connectivity index (χ0n) is 10.3. The molecule has 0 N–H and O–H groups in total. The molecule has 0 aromatic heterocycles. The van der Waals surface area contributed by atoms with Crippen LogP contribution in [0.4, 0.5) is 0 Å². The van der Waals surface area contributed by atoms with Crippen molar-refractivity contribution in [2.75, 3.05) is 0 Å². The van der Waals surface area contributed by atoms with Crippen molar-refractivity contribution in [3.63, 3.8) is 0 Å². The zero-order chi connectivity index (χ0) is 12.4. The van der Waals surface area contributed by atoms with E-state index in [0.29, 0.717) is 0 Å². The van der Waals surface area contributed by atoms with Gasteiger partial charge in [0.05, 0.1) is 0 Å². The van der Waals surface area contributed by atoms with Gasteiger partial charge in [-0.1, -0.05) is 38.3 Å². The molecule has 0 aliphatic heterocycles. The van der Waals surface area contributed by atoms with E-state index in [1.807, 2.05) is 0 Å². The number of aliphatic carboxylic acids is 2. The van der Waals surface area contributed by atoms with E-state index < -0.39 is 24.3 Å². The number of allylic oxidation sites excluding steroid dienone is 1. The summed E-state index contributed by atoms with van der Waals surface area (Å²) in [6.45, 7) is 2.11. The predicted molar refractivity (Wildman–Crippen MR) is 61.8 cm³/mol. The van der Waals surface area contributed by atoms with E-state index in [9.17, 15) is 19.8 Å². The van der Waals surface area contributed by atoms with Crippen molar-refractivity contribution in [3.05, 3.63) is 12.2 Å². The molecule has 17 heavy (non-hydrogen) atoms. The molecule has 0 rings (SSSR count). The van der Waals surface area contributed by atoms with Crippen LogP contribution in [-0.4, -0.2) is 60.8 Å². The molecule has 5 heteroatoms. The van der Waals surface area contributed by atoms with Crippen LogP contribution < -0.4 is 10.2 Å². The third-order valence-corrected chi connectivity index (χ3v) is 2.28. The summed E-state index contributed by atoms with van der Waals surface area (Å²) >= 11 is 0. The van der Waals surface area contributed by atoms with Crippen molar-refractivity contribution in [1.82, 2.24) is 0 Å². The van der Waals surface area contributed by atoms with Crippen LogP contribution in [0.25, 0.3) is 0 Å². The normalized spacial score (nSPS) is 12.1. The maximum Gasteiger partial charge on any atom is 2.00 e. The van der Waals surface area contributed by atoms with Crippen LogP contribution in [-0.2, 0) is 9.59 Å². The number of carboxylic acids is 2. The van der Waals surface area contributed by atoms with Crippen LogP contribution in [0.3, 0.4) is 0 Å². The first kappa shape index (κ1) is 19.6. The van der Waals surface area contributed by atoms with Crippen LogP contribution in [0, 0.1) is 5.92 Å². The Kier molecular flexibility index (Phi) is 14.6. The predicted octanol–water partition coefficient (Wildman–Crippen LogP) is -0.362. The first-order chi connectivity index (χ1) is 7.57. The molecular formula is C12H18BaO4. The van der Waals surface area contributed by atoms with Crippen LogP contribution in [0.2, 0.25) is 0 Å². The van der Waals surface area contributed by atoms with Crippen molar-refractivity contribution in [2.24, 2.45) is 5.92 Å². The van der Waals surface area contributed by atoms with Crippen molar-refractivity contribution in [2.45, 2.75) is 45.4 Å². The number of rotatable bonds is 9. The molecule has 0 fully saturated rings. The van der Waals surface area contributed by atoms with Crippen LogP contribution in [0.1, 0.15) is 45.4 Å².